The van der Waals surface area contributed by atoms with E-state index >= 15 is 0 Å². The molecule has 1 atom stereocenters. The molecule has 0 fully saturated rings. The Hall–Kier alpha value is -1.85. The fourth-order valence-electron chi connectivity index (χ4n) is 3.32. The topological polar surface area (TPSA) is 49.4 Å². The molecule has 1 N–H and O–H groups in total. The van der Waals surface area contributed by atoms with Gasteiger partial charge in [0.25, 0.3) is 0 Å². The van der Waals surface area contributed by atoms with Crippen molar-refractivity contribution in [1.29, 1.82) is 0 Å². The van der Waals surface area contributed by atoms with Crippen LogP contribution in [-0.4, -0.2) is 28.1 Å². The molecule has 0 saturated heterocycles. The van der Waals surface area contributed by atoms with Gasteiger partial charge in [-0.2, -0.15) is 0 Å². The van der Waals surface area contributed by atoms with Crippen LogP contribution in [0.15, 0.2) is 47.4 Å². The standard InChI is InChI=1S/C21H30N2O2S/c1-15(2)20(14-23(6)19-10-8-7-9-11-19)22-26(24,25)21-17(4)12-16(3)13-18(21)5/h7-13,15,20,22H,14H2,1-6H3. The van der Waals surface area contributed by atoms with Crippen LogP contribution in [0.3, 0.4) is 0 Å². The number of nitrogens with one attached hydrogen (secondary N) is 1. The monoisotopic (exact) mass is 374 g/mol. The fourth-order valence-corrected chi connectivity index (χ4v) is 5.14. The van der Waals surface area contributed by atoms with Gasteiger partial charge >= 0.3 is 0 Å². The van der Waals surface area contributed by atoms with E-state index in [-0.39, 0.29) is 12.0 Å². The van der Waals surface area contributed by atoms with Gasteiger partial charge < -0.3 is 4.90 Å². The van der Waals surface area contributed by atoms with Gasteiger partial charge in [-0.15, -0.1) is 0 Å². The normalized spacial score (nSPS) is 13.0. The minimum atomic E-state index is -3.59. The van der Waals surface area contributed by atoms with Crippen molar-refractivity contribution < 1.29 is 8.42 Å². The van der Waals surface area contributed by atoms with Crippen LogP contribution in [0, 0.1) is 26.7 Å². The highest BCUT2D eigenvalue weighted by atomic mass is 32.2. The van der Waals surface area contributed by atoms with Crippen LogP contribution in [0.1, 0.15) is 30.5 Å². The molecular weight excluding hydrogens is 344 g/mol. The molecule has 0 bridgehead atoms. The van der Waals surface area contributed by atoms with Crippen LogP contribution >= 0.6 is 0 Å². The van der Waals surface area contributed by atoms with Crippen molar-refractivity contribution in [1.82, 2.24) is 4.72 Å². The van der Waals surface area contributed by atoms with E-state index in [0.717, 1.165) is 22.4 Å². The van der Waals surface area contributed by atoms with Crippen LogP contribution in [0.25, 0.3) is 0 Å². The first-order chi connectivity index (χ1) is 12.1. The van der Waals surface area contributed by atoms with E-state index in [1.54, 1.807) is 0 Å². The summed E-state index contributed by atoms with van der Waals surface area (Å²) < 4.78 is 29.1. The summed E-state index contributed by atoms with van der Waals surface area (Å²) in [6.45, 7) is 10.4. The molecule has 2 aromatic carbocycles. The summed E-state index contributed by atoms with van der Waals surface area (Å²) in [5.74, 6) is 0.169. The van der Waals surface area contributed by atoms with E-state index in [9.17, 15) is 8.42 Å². The van der Waals surface area contributed by atoms with Gasteiger partial charge in [0, 0.05) is 25.3 Å². The number of para-hydroxylation sites is 1. The zero-order valence-corrected chi connectivity index (χ0v) is 17.4. The van der Waals surface area contributed by atoms with E-state index in [1.165, 1.54) is 0 Å². The predicted molar refractivity (Wildman–Crippen MR) is 109 cm³/mol. The second kappa shape index (κ2) is 8.23. The molecule has 26 heavy (non-hydrogen) atoms. The minimum Gasteiger partial charge on any atom is -0.373 e. The van der Waals surface area contributed by atoms with Gasteiger partial charge in [-0.25, -0.2) is 13.1 Å². The van der Waals surface area contributed by atoms with Gasteiger partial charge in [0.05, 0.1) is 4.90 Å². The summed E-state index contributed by atoms with van der Waals surface area (Å²) in [7, 11) is -1.60. The molecule has 0 radical (unpaired) electrons. The van der Waals surface area contributed by atoms with Crippen molar-refractivity contribution in [2.24, 2.45) is 5.92 Å². The number of hydrogen-bond donors (Lipinski definition) is 1. The van der Waals surface area contributed by atoms with Crippen LogP contribution in [0.4, 0.5) is 5.69 Å². The maximum Gasteiger partial charge on any atom is 0.241 e. The van der Waals surface area contributed by atoms with Crippen molar-refractivity contribution in [2.75, 3.05) is 18.5 Å². The summed E-state index contributed by atoms with van der Waals surface area (Å²) >= 11 is 0. The van der Waals surface area contributed by atoms with Crippen molar-refractivity contribution in [3.63, 3.8) is 0 Å². The van der Waals surface area contributed by atoms with Crippen LogP contribution in [0.2, 0.25) is 0 Å². The van der Waals surface area contributed by atoms with Gasteiger partial charge in [-0.1, -0.05) is 49.7 Å². The zero-order chi connectivity index (χ0) is 19.5. The zero-order valence-electron chi connectivity index (χ0n) is 16.6. The molecule has 0 spiro atoms. The van der Waals surface area contributed by atoms with Gasteiger partial charge in [-0.3, -0.25) is 0 Å². The van der Waals surface area contributed by atoms with E-state index in [1.807, 2.05) is 84.1 Å². The average molecular weight is 375 g/mol. The fraction of sp³-hybridized carbons (Fsp3) is 0.429. The van der Waals surface area contributed by atoms with Gasteiger partial charge in [-0.05, 0) is 49.9 Å². The Bertz CT molecular complexity index is 823. The molecule has 0 aromatic heterocycles. The first-order valence-corrected chi connectivity index (χ1v) is 10.5. The average Bonchev–Trinajstić information content (AvgIpc) is 2.53. The number of hydrogen-bond acceptors (Lipinski definition) is 3. The maximum absolute atomic E-state index is 13.1. The molecule has 0 aliphatic carbocycles. The molecule has 0 saturated carbocycles. The molecule has 0 aliphatic rings. The molecule has 0 aliphatic heterocycles. The first-order valence-electron chi connectivity index (χ1n) is 8.98. The number of aryl methyl sites for hydroxylation is 3. The van der Waals surface area contributed by atoms with Crippen LogP contribution < -0.4 is 9.62 Å². The summed E-state index contributed by atoms with van der Waals surface area (Å²) in [5, 5.41) is 0. The molecular formula is C21H30N2O2S. The number of anilines is 1. The Morgan fingerprint density at radius 1 is 1.00 bits per heavy atom. The highest BCUT2D eigenvalue weighted by Crippen LogP contribution is 2.23. The molecule has 0 heterocycles. The Morgan fingerprint density at radius 3 is 2.04 bits per heavy atom. The molecule has 4 nitrogen and oxygen atoms in total. The smallest absolute Gasteiger partial charge is 0.241 e. The molecule has 1 unspecified atom stereocenters. The summed E-state index contributed by atoms with van der Waals surface area (Å²) in [6, 6.07) is 13.6. The van der Waals surface area contributed by atoms with Crippen molar-refractivity contribution in [3.05, 3.63) is 59.2 Å². The SMILES string of the molecule is Cc1cc(C)c(S(=O)(=O)NC(CN(C)c2ccccc2)C(C)C)c(C)c1. The number of rotatable bonds is 7. The number of sulfonamides is 1. The number of likely N-dealkylation sites (N-methyl/N-ethyl adjacent to an activating group) is 1. The van der Waals surface area contributed by atoms with Crippen LogP contribution in [-0.2, 0) is 10.0 Å². The Labute approximate surface area is 158 Å². The van der Waals surface area contributed by atoms with Crippen molar-refractivity contribution >= 4 is 15.7 Å². The lowest BCUT2D eigenvalue weighted by atomic mass is 10.1. The quantitative estimate of drug-likeness (QED) is 0.795. The first kappa shape index (κ1) is 20.5. The third kappa shape index (κ3) is 4.86. The molecule has 2 aromatic rings. The van der Waals surface area contributed by atoms with Crippen LogP contribution in [0.5, 0.6) is 0 Å². The van der Waals surface area contributed by atoms with Gasteiger partial charge in [0.2, 0.25) is 10.0 Å². The molecule has 142 valence electrons. The number of benzene rings is 2. The Balaban J connectivity index is 2.27. The maximum atomic E-state index is 13.1. The minimum absolute atomic E-state index is 0.169. The highest BCUT2D eigenvalue weighted by molar-refractivity contribution is 7.89. The van der Waals surface area contributed by atoms with Crippen molar-refractivity contribution in [3.8, 4) is 0 Å². The molecule has 0 amide bonds. The predicted octanol–water partition coefficient (Wildman–Crippen LogP) is 4.05. The number of nitrogens with zero attached hydrogens (tertiary/aromatic N) is 1. The molecule has 5 heteroatoms. The van der Waals surface area contributed by atoms with Gasteiger partial charge in [0.1, 0.15) is 0 Å². The van der Waals surface area contributed by atoms with E-state index in [2.05, 4.69) is 9.62 Å². The lowest BCUT2D eigenvalue weighted by molar-refractivity contribution is 0.448. The Morgan fingerprint density at radius 2 is 1.54 bits per heavy atom. The third-order valence-electron chi connectivity index (χ3n) is 4.65. The van der Waals surface area contributed by atoms with Crippen molar-refractivity contribution in [2.45, 2.75) is 45.6 Å². The van der Waals surface area contributed by atoms with E-state index in [0.29, 0.717) is 11.4 Å². The second-order valence-corrected chi connectivity index (χ2v) is 9.07. The molecule has 2 rings (SSSR count). The van der Waals surface area contributed by atoms with E-state index in [4.69, 9.17) is 0 Å². The lowest BCUT2D eigenvalue weighted by Crippen LogP contribution is -2.46. The van der Waals surface area contributed by atoms with E-state index < -0.39 is 10.0 Å². The third-order valence-corrected chi connectivity index (χ3v) is 6.45. The summed E-state index contributed by atoms with van der Waals surface area (Å²) in [4.78, 5) is 2.48. The summed E-state index contributed by atoms with van der Waals surface area (Å²) in [5.41, 5.74) is 3.71. The largest absolute Gasteiger partial charge is 0.373 e. The highest BCUT2D eigenvalue weighted by Gasteiger charge is 2.26. The lowest BCUT2D eigenvalue weighted by Gasteiger charge is -2.29. The van der Waals surface area contributed by atoms with Gasteiger partial charge in [0.15, 0.2) is 0 Å². The second-order valence-electron chi connectivity index (χ2n) is 7.42. The summed E-state index contributed by atoms with van der Waals surface area (Å²) in [6.07, 6.45) is 0. The Kier molecular flexibility index (Phi) is 6.48.